The second-order valence-electron chi connectivity index (χ2n) is 2.71. The molecule has 13 heavy (non-hydrogen) atoms. The molecule has 0 saturated carbocycles. The molecule has 1 unspecified atom stereocenters. The van der Waals surface area contributed by atoms with Crippen LogP contribution in [0.5, 0.6) is 0 Å². The third kappa shape index (κ3) is 2.35. The third-order valence-corrected chi connectivity index (χ3v) is 2.71. The summed E-state index contributed by atoms with van der Waals surface area (Å²) in [5, 5.41) is 7.39. The van der Waals surface area contributed by atoms with E-state index < -0.39 is 0 Å². The lowest BCUT2D eigenvalue weighted by atomic mass is 10.2. The highest BCUT2D eigenvalue weighted by Crippen LogP contribution is 2.21. The van der Waals surface area contributed by atoms with Gasteiger partial charge in [-0.3, -0.25) is 0 Å². The minimum atomic E-state index is 0.208. The highest BCUT2D eigenvalue weighted by atomic mass is 32.1. The van der Waals surface area contributed by atoms with E-state index in [4.69, 9.17) is 0 Å². The van der Waals surface area contributed by atoms with Gasteiger partial charge in [0, 0.05) is 0 Å². The molecule has 0 aromatic carbocycles. The van der Waals surface area contributed by atoms with E-state index in [1.54, 1.807) is 0 Å². The topological polar surface area (TPSA) is 37.8 Å². The number of aromatic nitrogens is 2. The van der Waals surface area contributed by atoms with Crippen molar-refractivity contribution in [3.8, 4) is 0 Å². The number of aryl methyl sites for hydroxylation is 1. The van der Waals surface area contributed by atoms with Crippen molar-refractivity contribution < 1.29 is 0 Å². The molecule has 3 nitrogen and oxygen atoms in total. The average Bonchev–Trinajstić information content (AvgIpc) is 2.61. The normalized spacial score (nSPS) is 12.8. The number of hydrogen-bond donors (Lipinski definition) is 1. The summed E-state index contributed by atoms with van der Waals surface area (Å²) < 4.78 is 3.95. The van der Waals surface area contributed by atoms with Crippen LogP contribution in [0.4, 0.5) is 0 Å². The molecule has 1 heterocycles. The summed E-state index contributed by atoms with van der Waals surface area (Å²) in [5.74, 6) is 0. The Morgan fingerprint density at radius 1 is 1.62 bits per heavy atom. The molecule has 0 saturated heterocycles. The molecule has 0 radical (unpaired) electrons. The van der Waals surface area contributed by atoms with Crippen LogP contribution < -0.4 is 5.32 Å². The zero-order valence-corrected chi connectivity index (χ0v) is 8.90. The van der Waals surface area contributed by atoms with Crippen molar-refractivity contribution in [1.82, 2.24) is 14.9 Å². The van der Waals surface area contributed by atoms with Crippen LogP contribution in [-0.4, -0.2) is 16.1 Å². The van der Waals surface area contributed by atoms with Gasteiger partial charge in [0.25, 0.3) is 0 Å². The van der Waals surface area contributed by atoms with Crippen molar-refractivity contribution in [3.05, 3.63) is 23.2 Å². The van der Waals surface area contributed by atoms with Gasteiger partial charge in [-0.2, -0.15) is 0 Å². The maximum atomic E-state index is 4.07. The summed E-state index contributed by atoms with van der Waals surface area (Å²) in [5.41, 5.74) is 1.08. The van der Waals surface area contributed by atoms with E-state index in [-0.39, 0.29) is 6.04 Å². The fourth-order valence-electron chi connectivity index (χ4n) is 1.20. The molecule has 4 heteroatoms. The largest absolute Gasteiger partial charge is 0.306 e. The standard InChI is InChI=1S/C9H15N3S/c1-4-7(10-6-3)9-8(5-2)11-12-13-9/h4,7,10H,1,5-6H2,2-3H3. The molecule has 0 spiro atoms. The maximum Gasteiger partial charge on any atom is 0.0804 e. The lowest BCUT2D eigenvalue weighted by molar-refractivity contribution is 0.651. The molecular formula is C9H15N3S. The predicted octanol–water partition coefficient (Wildman–Crippen LogP) is 1.94. The van der Waals surface area contributed by atoms with Crippen LogP contribution in [0.1, 0.15) is 30.5 Å². The number of hydrogen-bond acceptors (Lipinski definition) is 4. The summed E-state index contributed by atoms with van der Waals surface area (Å²) in [6.07, 6.45) is 2.83. The summed E-state index contributed by atoms with van der Waals surface area (Å²) >= 11 is 1.45. The lowest BCUT2D eigenvalue weighted by Crippen LogP contribution is -2.18. The van der Waals surface area contributed by atoms with Gasteiger partial charge in [0.2, 0.25) is 0 Å². The molecular weight excluding hydrogens is 182 g/mol. The van der Waals surface area contributed by atoms with Crippen molar-refractivity contribution >= 4 is 11.5 Å². The molecule has 1 aromatic rings. The van der Waals surface area contributed by atoms with Crippen molar-refractivity contribution in [2.24, 2.45) is 0 Å². The summed E-state index contributed by atoms with van der Waals surface area (Å²) in [7, 11) is 0. The number of nitrogens with one attached hydrogen (secondary N) is 1. The Morgan fingerprint density at radius 3 is 2.92 bits per heavy atom. The second kappa shape index (κ2) is 5.09. The van der Waals surface area contributed by atoms with E-state index in [1.165, 1.54) is 16.4 Å². The van der Waals surface area contributed by atoms with Crippen LogP contribution >= 0.6 is 11.5 Å². The Balaban J connectivity index is 2.83. The van der Waals surface area contributed by atoms with Crippen LogP contribution in [0.2, 0.25) is 0 Å². The van der Waals surface area contributed by atoms with Crippen LogP contribution in [-0.2, 0) is 6.42 Å². The molecule has 0 aliphatic heterocycles. The van der Waals surface area contributed by atoms with Gasteiger partial charge in [-0.1, -0.05) is 24.4 Å². The summed E-state index contributed by atoms with van der Waals surface area (Å²) in [4.78, 5) is 1.19. The molecule has 1 aromatic heterocycles. The Hall–Kier alpha value is -0.740. The van der Waals surface area contributed by atoms with Gasteiger partial charge in [0.05, 0.1) is 16.6 Å². The number of rotatable bonds is 5. The highest BCUT2D eigenvalue weighted by molar-refractivity contribution is 7.05. The van der Waals surface area contributed by atoms with Gasteiger partial charge in [-0.15, -0.1) is 11.7 Å². The van der Waals surface area contributed by atoms with Crippen LogP contribution in [0.15, 0.2) is 12.7 Å². The van der Waals surface area contributed by atoms with Crippen LogP contribution in [0.25, 0.3) is 0 Å². The van der Waals surface area contributed by atoms with Crippen LogP contribution in [0, 0.1) is 0 Å². The molecule has 72 valence electrons. The van der Waals surface area contributed by atoms with Gasteiger partial charge < -0.3 is 5.32 Å². The zero-order valence-electron chi connectivity index (χ0n) is 8.08. The molecule has 1 N–H and O–H groups in total. The number of likely N-dealkylation sites (N-methyl/N-ethyl adjacent to an activating group) is 1. The molecule has 1 rings (SSSR count). The van der Waals surface area contributed by atoms with E-state index in [1.807, 2.05) is 6.08 Å². The smallest absolute Gasteiger partial charge is 0.0804 e. The number of nitrogens with zero attached hydrogens (tertiary/aromatic N) is 2. The fraction of sp³-hybridized carbons (Fsp3) is 0.556. The summed E-state index contributed by atoms with van der Waals surface area (Å²) in [6, 6.07) is 0.208. The fourth-order valence-corrected chi connectivity index (χ4v) is 2.01. The maximum absolute atomic E-state index is 4.07. The minimum Gasteiger partial charge on any atom is -0.306 e. The van der Waals surface area contributed by atoms with Crippen molar-refractivity contribution in [1.29, 1.82) is 0 Å². The third-order valence-electron chi connectivity index (χ3n) is 1.86. The first-order chi connectivity index (χ1) is 6.33. The Morgan fingerprint density at radius 2 is 2.38 bits per heavy atom. The zero-order chi connectivity index (χ0) is 9.68. The molecule has 0 fully saturated rings. The van der Waals surface area contributed by atoms with Gasteiger partial charge in [-0.25, -0.2) is 0 Å². The van der Waals surface area contributed by atoms with Gasteiger partial charge in [0.1, 0.15) is 0 Å². The Kier molecular flexibility index (Phi) is 4.05. The highest BCUT2D eigenvalue weighted by Gasteiger charge is 2.13. The Bertz CT molecular complexity index is 270. The Labute approximate surface area is 83.0 Å². The molecule has 0 amide bonds. The second-order valence-corrected chi connectivity index (χ2v) is 3.49. The van der Waals surface area contributed by atoms with Crippen molar-refractivity contribution in [2.45, 2.75) is 26.3 Å². The SMILES string of the molecule is C=CC(NCC)c1snnc1CC. The first-order valence-corrected chi connectivity index (χ1v) is 5.27. The lowest BCUT2D eigenvalue weighted by Gasteiger charge is -2.11. The monoisotopic (exact) mass is 197 g/mol. The van der Waals surface area contributed by atoms with E-state index in [2.05, 4.69) is 35.3 Å². The van der Waals surface area contributed by atoms with Crippen molar-refractivity contribution in [3.63, 3.8) is 0 Å². The van der Waals surface area contributed by atoms with E-state index in [0.29, 0.717) is 0 Å². The molecule has 0 aliphatic carbocycles. The van der Waals surface area contributed by atoms with Gasteiger partial charge in [-0.05, 0) is 24.5 Å². The van der Waals surface area contributed by atoms with Crippen molar-refractivity contribution in [2.75, 3.05) is 6.54 Å². The molecule has 0 aliphatic rings. The van der Waals surface area contributed by atoms with E-state index >= 15 is 0 Å². The molecule has 0 bridgehead atoms. The molecule has 1 atom stereocenters. The first-order valence-electron chi connectivity index (χ1n) is 4.50. The van der Waals surface area contributed by atoms with Crippen LogP contribution in [0.3, 0.4) is 0 Å². The van der Waals surface area contributed by atoms with E-state index in [9.17, 15) is 0 Å². The van der Waals surface area contributed by atoms with Gasteiger partial charge in [0.15, 0.2) is 0 Å². The average molecular weight is 197 g/mol. The quantitative estimate of drug-likeness (QED) is 0.733. The summed E-state index contributed by atoms with van der Waals surface area (Å²) in [6.45, 7) is 8.90. The van der Waals surface area contributed by atoms with E-state index in [0.717, 1.165) is 18.7 Å². The predicted molar refractivity (Wildman–Crippen MR) is 55.9 cm³/mol. The van der Waals surface area contributed by atoms with Gasteiger partial charge >= 0.3 is 0 Å². The first kappa shape index (κ1) is 10.3. The minimum absolute atomic E-state index is 0.208.